The van der Waals surface area contributed by atoms with Gasteiger partial charge in [0.1, 0.15) is 24.7 Å². The van der Waals surface area contributed by atoms with Crippen LogP contribution in [0.1, 0.15) is 0 Å². The van der Waals surface area contributed by atoms with Crippen molar-refractivity contribution in [3.63, 3.8) is 0 Å². The Hall–Kier alpha value is -2.96. The van der Waals surface area contributed by atoms with Gasteiger partial charge in [0, 0.05) is 6.07 Å². The van der Waals surface area contributed by atoms with Crippen LogP contribution in [0, 0.1) is 10.1 Å². The number of hydrogen-bond acceptors (Lipinski definition) is 6. The summed E-state index contributed by atoms with van der Waals surface area (Å²) in [6.45, 7) is 0.728. The smallest absolute Gasteiger partial charge is 0.315 e. The average molecular weight is 289 g/mol. The van der Waals surface area contributed by atoms with Gasteiger partial charge in [-0.15, -0.1) is 0 Å². The van der Waals surface area contributed by atoms with Crippen molar-refractivity contribution in [1.82, 2.24) is 0 Å². The van der Waals surface area contributed by atoms with Crippen LogP contribution >= 0.6 is 0 Å². The Balaban J connectivity index is 1.99. The number of nitro groups is 1. The summed E-state index contributed by atoms with van der Waals surface area (Å²) in [5.74, 6) is 1.23. The molecule has 0 spiro atoms. The highest BCUT2D eigenvalue weighted by atomic mass is 16.6. The summed E-state index contributed by atoms with van der Waals surface area (Å²) in [7, 11) is 0. The topological polar surface area (TPSA) is 91.1 Å². The molecule has 3 rings (SSSR count). The van der Waals surface area contributed by atoms with Crippen molar-refractivity contribution < 1.29 is 24.2 Å². The lowest BCUT2D eigenvalue weighted by Crippen LogP contribution is -2.15. The second-order valence-corrected chi connectivity index (χ2v) is 4.32. The van der Waals surface area contributed by atoms with Gasteiger partial charge in [0.25, 0.3) is 0 Å². The molecular weight excluding hydrogens is 278 g/mol. The number of phenolic OH excluding ortho intramolecular Hbond substituents is 1. The third-order valence-electron chi connectivity index (χ3n) is 2.88. The number of rotatable bonds is 3. The molecule has 1 N–H and O–H groups in total. The maximum absolute atomic E-state index is 11.1. The van der Waals surface area contributed by atoms with Crippen LogP contribution in [0.4, 0.5) is 5.69 Å². The summed E-state index contributed by atoms with van der Waals surface area (Å²) in [6, 6.07) is 8.59. The molecule has 0 aromatic heterocycles. The van der Waals surface area contributed by atoms with Crippen LogP contribution in [0.15, 0.2) is 36.4 Å². The van der Waals surface area contributed by atoms with Crippen LogP contribution in [0.2, 0.25) is 0 Å². The molecule has 2 aromatic carbocycles. The summed E-state index contributed by atoms with van der Waals surface area (Å²) >= 11 is 0. The first-order chi connectivity index (χ1) is 10.1. The number of phenols is 1. The minimum Gasteiger partial charge on any atom is -0.508 e. The summed E-state index contributed by atoms with van der Waals surface area (Å²) in [5, 5.41) is 20.4. The molecular formula is C14H11NO6. The van der Waals surface area contributed by atoms with Gasteiger partial charge in [-0.05, 0) is 24.3 Å². The van der Waals surface area contributed by atoms with E-state index in [0.29, 0.717) is 30.5 Å². The lowest BCUT2D eigenvalue weighted by atomic mass is 10.2. The van der Waals surface area contributed by atoms with E-state index < -0.39 is 4.92 Å². The summed E-state index contributed by atoms with van der Waals surface area (Å²) in [5.41, 5.74) is -0.215. The molecule has 0 radical (unpaired) electrons. The van der Waals surface area contributed by atoms with Crippen LogP contribution < -0.4 is 14.2 Å². The van der Waals surface area contributed by atoms with E-state index in [1.165, 1.54) is 36.4 Å². The zero-order valence-corrected chi connectivity index (χ0v) is 10.8. The first-order valence-electron chi connectivity index (χ1n) is 6.18. The Labute approximate surface area is 119 Å². The van der Waals surface area contributed by atoms with E-state index in [1.807, 2.05) is 0 Å². The summed E-state index contributed by atoms with van der Waals surface area (Å²) in [4.78, 5) is 10.6. The van der Waals surface area contributed by atoms with Gasteiger partial charge in [-0.25, -0.2) is 0 Å². The highest BCUT2D eigenvalue weighted by molar-refractivity contribution is 5.59. The zero-order chi connectivity index (χ0) is 14.8. The van der Waals surface area contributed by atoms with Gasteiger partial charge in [0.15, 0.2) is 11.5 Å². The van der Waals surface area contributed by atoms with Gasteiger partial charge in [0.2, 0.25) is 5.75 Å². The monoisotopic (exact) mass is 289 g/mol. The third-order valence-corrected chi connectivity index (χ3v) is 2.88. The molecule has 0 bridgehead atoms. The number of hydrogen-bond donors (Lipinski definition) is 1. The van der Waals surface area contributed by atoms with Crippen molar-refractivity contribution >= 4 is 5.69 Å². The Kier molecular flexibility index (Phi) is 3.23. The Morgan fingerprint density at radius 2 is 1.71 bits per heavy atom. The molecule has 0 fully saturated rings. The van der Waals surface area contributed by atoms with Crippen molar-refractivity contribution in [1.29, 1.82) is 0 Å². The number of nitrogens with zero attached hydrogens (tertiary/aromatic N) is 1. The molecule has 108 valence electrons. The lowest BCUT2D eigenvalue weighted by molar-refractivity contribution is -0.385. The van der Waals surface area contributed by atoms with Gasteiger partial charge in [-0.3, -0.25) is 10.1 Å². The Morgan fingerprint density at radius 3 is 2.33 bits per heavy atom. The maximum Gasteiger partial charge on any atom is 0.315 e. The Bertz CT molecular complexity index is 683. The van der Waals surface area contributed by atoms with Gasteiger partial charge in [0.05, 0.1) is 11.0 Å². The molecule has 1 heterocycles. The number of benzene rings is 2. The summed E-state index contributed by atoms with van der Waals surface area (Å²) < 4.78 is 16.2. The molecule has 0 atom stereocenters. The molecule has 0 amide bonds. The van der Waals surface area contributed by atoms with Gasteiger partial charge in [-0.1, -0.05) is 0 Å². The van der Waals surface area contributed by atoms with E-state index in [2.05, 4.69) is 0 Å². The zero-order valence-electron chi connectivity index (χ0n) is 10.8. The van der Waals surface area contributed by atoms with Crippen molar-refractivity contribution in [2.75, 3.05) is 13.2 Å². The lowest BCUT2D eigenvalue weighted by Gasteiger charge is -2.19. The molecule has 0 aliphatic carbocycles. The predicted molar refractivity (Wildman–Crippen MR) is 72.3 cm³/mol. The molecule has 0 saturated heterocycles. The second-order valence-electron chi connectivity index (χ2n) is 4.32. The minimum absolute atomic E-state index is 0.0509. The van der Waals surface area contributed by atoms with Crippen LogP contribution in [0.5, 0.6) is 28.7 Å². The number of fused-ring (bicyclic) bond motifs is 1. The molecule has 1 aliphatic rings. The van der Waals surface area contributed by atoms with E-state index in [9.17, 15) is 15.2 Å². The molecule has 2 aromatic rings. The number of nitro benzene ring substituents is 1. The van der Waals surface area contributed by atoms with E-state index >= 15 is 0 Å². The molecule has 7 heteroatoms. The van der Waals surface area contributed by atoms with Gasteiger partial charge >= 0.3 is 5.69 Å². The van der Waals surface area contributed by atoms with Crippen LogP contribution in [0.3, 0.4) is 0 Å². The van der Waals surface area contributed by atoms with Gasteiger partial charge < -0.3 is 19.3 Å². The van der Waals surface area contributed by atoms with E-state index in [1.54, 1.807) is 0 Å². The highest BCUT2D eigenvalue weighted by Gasteiger charge is 2.23. The predicted octanol–water partition coefficient (Wildman–Crippen LogP) is 2.86. The van der Waals surface area contributed by atoms with Crippen molar-refractivity contribution in [3.8, 4) is 28.7 Å². The van der Waals surface area contributed by atoms with Crippen LogP contribution in [-0.2, 0) is 0 Å². The first-order valence-corrected chi connectivity index (χ1v) is 6.18. The largest absolute Gasteiger partial charge is 0.508 e. The van der Waals surface area contributed by atoms with Crippen LogP contribution in [0.25, 0.3) is 0 Å². The van der Waals surface area contributed by atoms with Crippen molar-refractivity contribution in [2.45, 2.75) is 0 Å². The van der Waals surface area contributed by atoms with E-state index in [4.69, 9.17) is 14.2 Å². The molecule has 0 unspecified atom stereocenters. The molecule has 21 heavy (non-hydrogen) atoms. The molecule has 7 nitrogen and oxygen atoms in total. The average Bonchev–Trinajstić information content (AvgIpc) is 2.48. The standard InChI is InChI=1S/C14H11NO6/c16-9-1-3-10(4-2-9)21-12-8-14-13(19-5-6-20-14)7-11(12)15(17)18/h1-4,7-8,16H,5-6H2. The quantitative estimate of drug-likeness (QED) is 0.690. The Morgan fingerprint density at radius 1 is 1.10 bits per heavy atom. The third kappa shape index (κ3) is 2.66. The second kappa shape index (κ2) is 5.20. The normalized spacial score (nSPS) is 12.8. The van der Waals surface area contributed by atoms with Crippen LogP contribution in [-0.4, -0.2) is 23.2 Å². The van der Waals surface area contributed by atoms with Crippen molar-refractivity contribution in [3.05, 3.63) is 46.5 Å². The first kappa shape index (κ1) is 13.0. The van der Waals surface area contributed by atoms with Crippen molar-refractivity contribution in [2.24, 2.45) is 0 Å². The SMILES string of the molecule is O=[N+]([O-])c1cc2c(cc1Oc1ccc(O)cc1)OCCO2. The minimum atomic E-state index is -0.548. The fourth-order valence-corrected chi connectivity index (χ4v) is 1.92. The number of aromatic hydroxyl groups is 1. The molecule has 0 saturated carbocycles. The summed E-state index contributed by atoms with van der Waals surface area (Å²) in [6.07, 6.45) is 0. The number of ether oxygens (including phenoxy) is 3. The molecule has 1 aliphatic heterocycles. The van der Waals surface area contributed by atoms with Gasteiger partial charge in [-0.2, -0.15) is 0 Å². The van der Waals surface area contributed by atoms with E-state index in [-0.39, 0.29) is 17.2 Å². The fraction of sp³-hybridized carbons (Fsp3) is 0.143. The maximum atomic E-state index is 11.1. The fourth-order valence-electron chi connectivity index (χ4n) is 1.92. The van der Waals surface area contributed by atoms with E-state index in [0.717, 1.165) is 0 Å². The highest BCUT2D eigenvalue weighted by Crippen LogP contribution is 2.42.